The van der Waals surface area contributed by atoms with Gasteiger partial charge in [0.15, 0.2) is 0 Å². The van der Waals surface area contributed by atoms with Crippen molar-refractivity contribution in [3.8, 4) is 28.0 Å². The number of aryl methyl sites for hydroxylation is 4. The van der Waals surface area contributed by atoms with E-state index >= 15 is 0 Å². The van der Waals surface area contributed by atoms with Crippen LogP contribution in [0.1, 0.15) is 22.3 Å². The Kier molecular flexibility index (Phi) is 4.55. The topological polar surface area (TPSA) is 20.2 Å². The Bertz CT molecular complexity index is 1450. The van der Waals surface area contributed by atoms with Crippen molar-refractivity contribution in [1.82, 2.24) is 0 Å². The number of fused-ring (bicyclic) bond motifs is 2. The van der Waals surface area contributed by atoms with Crippen LogP contribution >= 0.6 is 0 Å². The van der Waals surface area contributed by atoms with Crippen LogP contribution in [-0.4, -0.2) is 5.11 Å². The van der Waals surface area contributed by atoms with E-state index in [0.29, 0.717) is 5.75 Å². The lowest BCUT2D eigenvalue weighted by atomic mass is 9.86. The Labute approximate surface area is 183 Å². The van der Waals surface area contributed by atoms with Gasteiger partial charge in [0.1, 0.15) is 5.75 Å². The minimum absolute atomic E-state index is 0.315. The molecule has 1 nitrogen and oxygen atoms in total. The quantitative estimate of drug-likeness (QED) is 0.315. The molecule has 5 rings (SSSR count). The Balaban J connectivity index is 1.96. The van der Waals surface area contributed by atoms with Crippen molar-refractivity contribution >= 4 is 21.5 Å². The van der Waals surface area contributed by atoms with Crippen LogP contribution in [0, 0.1) is 27.7 Å². The number of phenolic OH excluding ortho intramolecular Hbond substituents is 1. The van der Waals surface area contributed by atoms with E-state index in [1.54, 1.807) is 0 Å². The van der Waals surface area contributed by atoms with Crippen LogP contribution in [0.25, 0.3) is 43.8 Å². The third-order valence-electron chi connectivity index (χ3n) is 6.11. The van der Waals surface area contributed by atoms with E-state index in [1.165, 1.54) is 33.2 Å². The summed E-state index contributed by atoms with van der Waals surface area (Å²) in [6, 6.07) is 27.9. The van der Waals surface area contributed by atoms with Crippen LogP contribution < -0.4 is 0 Å². The zero-order valence-electron chi connectivity index (χ0n) is 18.5. The van der Waals surface area contributed by atoms with Gasteiger partial charge in [0, 0.05) is 11.1 Å². The lowest BCUT2D eigenvalue weighted by molar-refractivity contribution is 0.478. The number of hydrogen-bond donors (Lipinski definition) is 1. The first-order valence-corrected chi connectivity index (χ1v) is 10.8. The molecule has 0 aliphatic heterocycles. The average molecular weight is 403 g/mol. The summed E-state index contributed by atoms with van der Waals surface area (Å²) in [7, 11) is 0. The predicted molar refractivity (Wildman–Crippen MR) is 133 cm³/mol. The Morgan fingerprint density at radius 2 is 1.03 bits per heavy atom. The van der Waals surface area contributed by atoms with E-state index in [9.17, 15) is 5.11 Å². The molecule has 5 aromatic carbocycles. The molecule has 0 aliphatic carbocycles. The highest BCUT2D eigenvalue weighted by molar-refractivity contribution is 6.12. The molecule has 1 heteroatoms. The summed E-state index contributed by atoms with van der Waals surface area (Å²) in [5.41, 5.74) is 9.24. The highest BCUT2D eigenvalue weighted by atomic mass is 16.3. The molecule has 0 bridgehead atoms. The molecule has 0 aliphatic rings. The highest BCUT2D eigenvalue weighted by Gasteiger charge is 2.18. The normalized spacial score (nSPS) is 11.4. The van der Waals surface area contributed by atoms with E-state index < -0.39 is 0 Å². The van der Waals surface area contributed by atoms with Gasteiger partial charge in [0.05, 0.1) is 0 Å². The van der Waals surface area contributed by atoms with Gasteiger partial charge < -0.3 is 5.11 Å². The van der Waals surface area contributed by atoms with E-state index in [-0.39, 0.29) is 0 Å². The number of aromatic hydroxyl groups is 1. The number of hydrogen-bond acceptors (Lipinski definition) is 1. The molecule has 0 aromatic heterocycles. The van der Waals surface area contributed by atoms with Crippen LogP contribution in [0.3, 0.4) is 0 Å². The van der Waals surface area contributed by atoms with Gasteiger partial charge in [-0.25, -0.2) is 0 Å². The van der Waals surface area contributed by atoms with E-state index in [2.05, 4.69) is 94.4 Å². The predicted octanol–water partition coefficient (Wildman–Crippen LogP) is 8.27. The summed E-state index contributed by atoms with van der Waals surface area (Å²) in [6.07, 6.45) is 0. The summed E-state index contributed by atoms with van der Waals surface area (Å²) in [4.78, 5) is 0. The van der Waals surface area contributed by atoms with Gasteiger partial charge in [-0.05, 0) is 66.4 Å². The molecule has 0 unspecified atom stereocenters. The maximum atomic E-state index is 11.1. The first kappa shape index (κ1) is 19.4. The van der Waals surface area contributed by atoms with Gasteiger partial charge in [-0.1, -0.05) is 95.1 Å². The molecular weight excluding hydrogens is 376 g/mol. The van der Waals surface area contributed by atoms with Crippen molar-refractivity contribution in [1.29, 1.82) is 0 Å². The SMILES string of the molecule is Cc1cc(C)cc(-c2ccc3cc(C)ccc3c2-c2c(O)ccc3cc(C)ccc23)c1. The first-order chi connectivity index (χ1) is 14.9. The van der Waals surface area contributed by atoms with E-state index in [1.807, 2.05) is 12.1 Å². The van der Waals surface area contributed by atoms with Gasteiger partial charge in [-0.2, -0.15) is 0 Å². The fourth-order valence-corrected chi connectivity index (χ4v) is 4.79. The maximum Gasteiger partial charge on any atom is 0.124 e. The monoisotopic (exact) mass is 402 g/mol. The third-order valence-corrected chi connectivity index (χ3v) is 6.11. The van der Waals surface area contributed by atoms with Crippen molar-refractivity contribution < 1.29 is 5.11 Å². The van der Waals surface area contributed by atoms with Crippen molar-refractivity contribution in [3.05, 3.63) is 101 Å². The molecule has 0 saturated carbocycles. The van der Waals surface area contributed by atoms with Crippen molar-refractivity contribution in [2.75, 3.05) is 0 Å². The lowest BCUT2D eigenvalue weighted by Gasteiger charge is -2.18. The van der Waals surface area contributed by atoms with Crippen LogP contribution in [0.2, 0.25) is 0 Å². The first-order valence-electron chi connectivity index (χ1n) is 10.8. The van der Waals surface area contributed by atoms with Gasteiger partial charge >= 0.3 is 0 Å². The molecule has 0 saturated heterocycles. The molecule has 5 aromatic rings. The smallest absolute Gasteiger partial charge is 0.124 e. The summed E-state index contributed by atoms with van der Waals surface area (Å²) < 4.78 is 0. The number of phenols is 1. The van der Waals surface area contributed by atoms with Crippen LogP contribution in [-0.2, 0) is 0 Å². The molecule has 0 radical (unpaired) electrons. The highest BCUT2D eigenvalue weighted by Crippen LogP contribution is 2.45. The van der Waals surface area contributed by atoms with Crippen LogP contribution in [0.15, 0.2) is 78.9 Å². The fraction of sp³-hybridized carbons (Fsp3) is 0.133. The Hall–Kier alpha value is -3.58. The van der Waals surface area contributed by atoms with Gasteiger partial charge in [-0.3, -0.25) is 0 Å². The second kappa shape index (κ2) is 7.28. The molecule has 0 heterocycles. The molecule has 0 atom stereocenters. The molecule has 0 amide bonds. The van der Waals surface area contributed by atoms with E-state index in [0.717, 1.165) is 32.8 Å². The maximum absolute atomic E-state index is 11.1. The largest absolute Gasteiger partial charge is 0.507 e. The number of rotatable bonds is 2. The van der Waals surface area contributed by atoms with Gasteiger partial charge in [-0.15, -0.1) is 0 Å². The summed E-state index contributed by atoms with van der Waals surface area (Å²) in [5, 5.41) is 15.7. The zero-order chi connectivity index (χ0) is 21.7. The Morgan fingerprint density at radius 3 is 1.65 bits per heavy atom. The van der Waals surface area contributed by atoms with Crippen molar-refractivity contribution in [2.24, 2.45) is 0 Å². The molecule has 31 heavy (non-hydrogen) atoms. The van der Waals surface area contributed by atoms with E-state index in [4.69, 9.17) is 0 Å². The van der Waals surface area contributed by atoms with Gasteiger partial charge in [0.2, 0.25) is 0 Å². The molecule has 0 spiro atoms. The average Bonchev–Trinajstić information content (AvgIpc) is 2.72. The summed E-state index contributed by atoms with van der Waals surface area (Å²) in [6.45, 7) is 8.50. The minimum atomic E-state index is 0.315. The molecule has 152 valence electrons. The molecule has 0 fully saturated rings. The zero-order valence-corrected chi connectivity index (χ0v) is 18.5. The van der Waals surface area contributed by atoms with Gasteiger partial charge in [0.25, 0.3) is 0 Å². The van der Waals surface area contributed by atoms with Crippen molar-refractivity contribution in [3.63, 3.8) is 0 Å². The standard InChI is InChI=1S/C30H26O/c1-18-5-9-25-22(14-18)7-11-27(24-16-20(3)13-21(4)17-24)29(25)30-26-10-6-19(2)15-23(26)8-12-28(30)31/h5-17,31H,1-4H3. The Morgan fingerprint density at radius 1 is 0.484 bits per heavy atom. The fourth-order valence-electron chi connectivity index (χ4n) is 4.79. The van der Waals surface area contributed by atoms with Crippen LogP contribution in [0.4, 0.5) is 0 Å². The minimum Gasteiger partial charge on any atom is -0.507 e. The molecular formula is C30H26O. The third kappa shape index (κ3) is 3.37. The van der Waals surface area contributed by atoms with Crippen molar-refractivity contribution in [2.45, 2.75) is 27.7 Å². The van der Waals surface area contributed by atoms with Crippen LogP contribution in [0.5, 0.6) is 5.75 Å². The second-order valence-electron chi connectivity index (χ2n) is 8.77. The molecule has 1 N–H and O–H groups in total. The summed E-state index contributed by atoms with van der Waals surface area (Å²) in [5.74, 6) is 0.315. The number of benzene rings is 5. The summed E-state index contributed by atoms with van der Waals surface area (Å²) >= 11 is 0. The second-order valence-corrected chi connectivity index (χ2v) is 8.77. The lowest BCUT2D eigenvalue weighted by Crippen LogP contribution is -1.92.